The van der Waals surface area contributed by atoms with E-state index in [9.17, 15) is 8.42 Å². The van der Waals surface area contributed by atoms with E-state index in [1.54, 1.807) is 10.4 Å². The van der Waals surface area contributed by atoms with E-state index in [0.29, 0.717) is 18.0 Å². The molecule has 19 heavy (non-hydrogen) atoms. The minimum Gasteiger partial charge on any atom is -0.312 e. The Kier molecular flexibility index (Phi) is 3.60. The lowest BCUT2D eigenvalue weighted by Gasteiger charge is -2.26. The molecule has 1 aromatic carbocycles. The normalized spacial score (nSPS) is 21.1. The van der Waals surface area contributed by atoms with E-state index in [0.717, 1.165) is 44.3 Å². The number of rotatable bonds is 2. The lowest BCUT2D eigenvalue weighted by atomic mass is 10.0. The molecule has 2 heterocycles. The zero-order chi connectivity index (χ0) is 13.3. The lowest BCUT2D eigenvalue weighted by molar-refractivity contribution is 0.346. The number of nitrogens with zero attached hydrogens (tertiary/aromatic N) is 1. The first-order valence-electron chi connectivity index (χ1n) is 7.00. The standard InChI is InChI=1S/C14H20N2O2S/c17-19(18,16-8-2-1-3-9-16)14-5-4-12-6-7-15-11-13(12)10-14/h4-5,10,15H,1-3,6-9,11H2. The second-order valence-corrected chi connectivity index (χ2v) is 7.26. The van der Waals surface area contributed by atoms with Crippen molar-refractivity contribution in [2.24, 2.45) is 0 Å². The van der Waals surface area contributed by atoms with Crippen LogP contribution in [0.25, 0.3) is 0 Å². The van der Waals surface area contributed by atoms with Crippen molar-refractivity contribution in [1.82, 2.24) is 9.62 Å². The molecule has 1 fully saturated rings. The van der Waals surface area contributed by atoms with Crippen LogP contribution < -0.4 is 5.32 Å². The predicted octanol–water partition coefficient (Wildman–Crippen LogP) is 1.51. The Bertz CT molecular complexity index is 563. The Balaban J connectivity index is 1.92. The monoisotopic (exact) mass is 280 g/mol. The Morgan fingerprint density at radius 2 is 1.84 bits per heavy atom. The Hall–Kier alpha value is -0.910. The van der Waals surface area contributed by atoms with E-state index in [4.69, 9.17) is 0 Å². The zero-order valence-electron chi connectivity index (χ0n) is 11.1. The van der Waals surface area contributed by atoms with Crippen LogP contribution in [0.5, 0.6) is 0 Å². The average Bonchev–Trinajstić information content (AvgIpc) is 2.47. The zero-order valence-corrected chi connectivity index (χ0v) is 11.9. The molecule has 4 nitrogen and oxygen atoms in total. The van der Waals surface area contributed by atoms with E-state index in [1.165, 1.54) is 5.56 Å². The molecule has 1 N–H and O–H groups in total. The van der Waals surface area contributed by atoms with Gasteiger partial charge in [-0.3, -0.25) is 0 Å². The quantitative estimate of drug-likeness (QED) is 0.893. The van der Waals surface area contributed by atoms with Gasteiger partial charge in [-0.25, -0.2) is 8.42 Å². The van der Waals surface area contributed by atoms with Crippen molar-refractivity contribution in [3.63, 3.8) is 0 Å². The van der Waals surface area contributed by atoms with Crippen molar-refractivity contribution in [3.05, 3.63) is 29.3 Å². The molecule has 0 unspecified atom stereocenters. The molecule has 1 aromatic rings. The first-order valence-corrected chi connectivity index (χ1v) is 8.44. The second kappa shape index (κ2) is 5.23. The summed E-state index contributed by atoms with van der Waals surface area (Å²) in [7, 11) is -3.29. The fourth-order valence-electron chi connectivity index (χ4n) is 2.87. The van der Waals surface area contributed by atoms with Crippen LogP contribution in [0.2, 0.25) is 0 Å². The summed E-state index contributed by atoms with van der Waals surface area (Å²) in [4.78, 5) is 0.455. The molecule has 5 heteroatoms. The summed E-state index contributed by atoms with van der Waals surface area (Å²) >= 11 is 0. The molecule has 0 amide bonds. The Morgan fingerprint density at radius 1 is 1.05 bits per heavy atom. The molecule has 0 bridgehead atoms. The number of piperidine rings is 1. The smallest absolute Gasteiger partial charge is 0.243 e. The van der Waals surface area contributed by atoms with E-state index >= 15 is 0 Å². The molecular formula is C14H20N2O2S. The molecule has 0 spiro atoms. The molecule has 2 aliphatic rings. The maximum Gasteiger partial charge on any atom is 0.243 e. The molecule has 0 aromatic heterocycles. The molecule has 3 rings (SSSR count). The third-order valence-corrected chi connectivity index (χ3v) is 5.91. The van der Waals surface area contributed by atoms with Crippen LogP contribution >= 0.6 is 0 Å². The first-order chi connectivity index (χ1) is 9.18. The summed E-state index contributed by atoms with van der Waals surface area (Å²) in [6, 6.07) is 5.60. The van der Waals surface area contributed by atoms with Gasteiger partial charge in [-0.15, -0.1) is 0 Å². The lowest BCUT2D eigenvalue weighted by Crippen LogP contribution is -2.35. The van der Waals surface area contributed by atoms with Crippen LogP contribution in [0, 0.1) is 0 Å². The first kappa shape index (κ1) is 13.1. The number of nitrogens with one attached hydrogen (secondary N) is 1. The maximum absolute atomic E-state index is 12.6. The van der Waals surface area contributed by atoms with Gasteiger partial charge < -0.3 is 5.32 Å². The van der Waals surface area contributed by atoms with E-state index in [-0.39, 0.29) is 0 Å². The van der Waals surface area contributed by atoms with Crippen molar-refractivity contribution in [2.45, 2.75) is 37.1 Å². The minimum atomic E-state index is -3.29. The van der Waals surface area contributed by atoms with Crippen LogP contribution in [0.1, 0.15) is 30.4 Å². The number of hydrogen-bond donors (Lipinski definition) is 1. The number of hydrogen-bond acceptors (Lipinski definition) is 3. The van der Waals surface area contributed by atoms with Gasteiger partial charge in [0.25, 0.3) is 0 Å². The van der Waals surface area contributed by atoms with E-state index in [2.05, 4.69) is 5.32 Å². The van der Waals surface area contributed by atoms with Crippen molar-refractivity contribution in [2.75, 3.05) is 19.6 Å². The van der Waals surface area contributed by atoms with Crippen LogP contribution in [0.15, 0.2) is 23.1 Å². The van der Waals surface area contributed by atoms with Gasteiger partial charge in [0, 0.05) is 19.6 Å². The molecule has 104 valence electrons. The molecular weight excluding hydrogens is 260 g/mol. The number of benzene rings is 1. The van der Waals surface area contributed by atoms with Crippen LogP contribution in [-0.2, 0) is 23.0 Å². The minimum absolute atomic E-state index is 0.455. The Labute approximate surface area is 114 Å². The highest BCUT2D eigenvalue weighted by atomic mass is 32.2. The van der Waals surface area contributed by atoms with Crippen LogP contribution in [0.3, 0.4) is 0 Å². The largest absolute Gasteiger partial charge is 0.312 e. The van der Waals surface area contributed by atoms with Gasteiger partial charge in [0.1, 0.15) is 0 Å². The van der Waals surface area contributed by atoms with Crippen molar-refractivity contribution >= 4 is 10.0 Å². The fraction of sp³-hybridized carbons (Fsp3) is 0.571. The highest BCUT2D eigenvalue weighted by Crippen LogP contribution is 2.24. The van der Waals surface area contributed by atoms with Crippen LogP contribution in [0.4, 0.5) is 0 Å². The van der Waals surface area contributed by atoms with Gasteiger partial charge >= 0.3 is 0 Å². The SMILES string of the molecule is O=S(=O)(c1ccc2c(c1)CNCC2)N1CCCCC1. The van der Waals surface area contributed by atoms with Gasteiger partial charge in [0.2, 0.25) is 10.0 Å². The van der Waals surface area contributed by atoms with Gasteiger partial charge in [-0.2, -0.15) is 4.31 Å². The molecule has 0 atom stereocenters. The number of fused-ring (bicyclic) bond motifs is 1. The van der Waals surface area contributed by atoms with Crippen molar-refractivity contribution in [1.29, 1.82) is 0 Å². The van der Waals surface area contributed by atoms with Gasteiger partial charge in [0.15, 0.2) is 0 Å². The van der Waals surface area contributed by atoms with Crippen molar-refractivity contribution < 1.29 is 8.42 Å². The topological polar surface area (TPSA) is 49.4 Å². The molecule has 0 radical (unpaired) electrons. The summed E-state index contributed by atoms with van der Waals surface area (Å²) in [6.45, 7) is 3.08. The molecule has 2 aliphatic heterocycles. The summed E-state index contributed by atoms with van der Waals surface area (Å²) < 4.78 is 26.8. The maximum atomic E-state index is 12.6. The molecule has 0 saturated carbocycles. The fourth-order valence-corrected chi connectivity index (χ4v) is 4.44. The average molecular weight is 280 g/mol. The van der Waals surface area contributed by atoms with E-state index < -0.39 is 10.0 Å². The highest BCUT2D eigenvalue weighted by Gasteiger charge is 2.26. The Morgan fingerprint density at radius 3 is 2.63 bits per heavy atom. The van der Waals surface area contributed by atoms with Gasteiger partial charge in [0.05, 0.1) is 4.90 Å². The highest BCUT2D eigenvalue weighted by molar-refractivity contribution is 7.89. The predicted molar refractivity (Wildman–Crippen MR) is 74.5 cm³/mol. The van der Waals surface area contributed by atoms with Gasteiger partial charge in [-0.05, 0) is 49.1 Å². The summed E-state index contributed by atoms with van der Waals surface area (Å²) in [6.07, 6.45) is 4.08. The second-order valence-electron chi connectivity index (χ2n) is 5.32. The molecule has 0 aliphatic carbocycles. The summed E-state index contributed by atoms with van der Waals surface area (Å²) in [5.41, 5.74) is 2.40. The van der Waals surface area contributed by atoms with Gasteiger partial charge in [-0.1, -0.05) is 12.5 Å². The summed E-state index contributed by atoms with van der Waals surface area (Å²) in [5, 5.41) is 3.29. The molecule has 1 saturated heterocycles. The van der Waals surface area contributed by atoms with E-state index in [1.807, 2.05) is 12.1 Å². The van der Waals surface area contributed by atoms with Crippen molar-refractivity contribution in [3.8, 4) is 0 Å². The summed E-state index contributed by atoms with van der Waals surface area (Å²) in [5.74, 6) is 0. The third-order valence-electron chi connectivity index (χ3n) is 4.02. The number of sulfonamides is 1. The third kappa shape index (κ3) is 2.55. The van der Waals surface area contributed by atoms with Crippen LogP contribution in [-0.4, -0.2) is 32.4 Å².